The Morgan fingerprint density at radius 2 is 1.50 bits per heavy atom. The molecule has 3 rings (SSSR count). The number of ether oxygens (including phenoxy) is 1. The number of benzene rings is 3. The smallest absolute Gasteiger partial charge is 0.410 e. The molecule has 0 unspecified atom stereocenters. The fraction of sp³-hybridized carbons (Fsp3) is 0.136. The second kappa shape index (κ2) is 8.83. The molecular formula is C22H22N2O2. The van der Waals surface area contributed by atoms with Crippen LogP contribution >= 0.6 is 0 Å². The molecule has 132 valence electrons. The normalized spacial score (nSPS) is 10.3. The zero-order chi connectivity index (χ0) is 18.2. The number of hydrogen-bond acceptors (Lipinski definition) is 3. The average molecular weight is 346 g/mol. The Morgan fingerprint density at radius 1 is 0.846 bits per heavy atom. The van der Waals surface area contributed by atoms with E-state index >= 15 is 0 Å². The molecule has 0 aromatic heterocycles. The summed E-state index contributed by atoms with van der Waals surface area (Å²) in [5.74, 6) is 0.519. The summed E-state index contributed by atoms with van der Waals surface area (Å²) in [5.41, 5.74) is 9.85. The van der Waals surface area contributed by atoms with Crippen molar-refractivity contribution in [2.45, 2.75) is 13.0 Å². The van der Waals surface area contributed by atoms with Crippen LogP contribution < -0.4 is 15.8 Å². The summed E-state index contributed by atoms with van der Waals surface area (Å²) < 4.78 is 5.55. The van der Waals surface area contributed by atoms with Crippen LogP contribution in [0.5, 0.6) is 5.75 Å². The molecule has 0 radical (unpaired) electrons. The van der Waals surface area contributed by atoms with Gasteiger partial charge in [-0.3, -0.25) is 0 Å². The molecule has 3 N–H and O–H groups in total. The summed E-state index contributed by atoms with van der Waals surface area (Å²) >= 11 is 0. The predicted octanol–water partition coefficient (Wildman–Crippen LogP) is 4.14. The van der Waals surface area contributed by atoms with Crippen molar-refractivity contribution in [2.75, 3.05) is 6.54 Å². The summed E-state index contributed by atoms with van der Waals surface area (Å²) in [6.45, 7) is 0.943. The van der Waals surface area contributed by atoms with Crippen LogP contribution in [0.15, 0.2) is 78.9 Å². The fourth-order valence-electron chi connectivity index (χ4n) is 2.83. The molecule has 0 spiro atoms. The minimum absolute atomic E-state index is 0.424. The van der Waals surface area contributed by atoms with Crippen molar-refractivity contribution in [3.63, 3.8) is 0 Å². The fourth-order valence-corrected chi connectivity index (χ4v) is 2.83. The van der Waals surface area contributed by atoms with Gasteiger partial charge in [0.1, 0.15) is 5.75 Å². The standard InChI is InChI=1S/C22H22N2O2/c23-16-18-10-4-5-11-19(18)20-12-6-7-13-21(20)26-22(25)24-15-14-17-8-2-1-3-9-17/h1-13H,14-16,23H2,(H,24,25). The summed E-state index contributed by atoms with van der Waals surface area (Å²) in [6.07, 6.45) is 0.298. The minimum atomic E-state index is -0.460. The first-order chi connectivity index (χ1) is 12.8. The average Bonchev–Trinajstić information content (AvgIpc) is 2.69. The van der Waals surface area contributed by atoms with Crippen molar-refractivity contribution in [2.24, 2.45) is 5.73 Å². The Hall–Kier alpha value is -3.11. The van der Waals surface area contributed by atoms with Gasteiger partial charge < -0.3 is 15.8 Å². The SMILES string of the molecule is NCc1ccccc1-c1ccccc1OC(=O)NCCc1ccccc1. The first kappa shape index (κ1) is 17.7. The van der Waals surface area contributed by atoms with Gasteiger partial charge >= 0.3 is 6.09 Å². The topological polar surface area (TPSA) is 64.3 Å². The molecular weight excluding hydrogens is 324 g/mol. The van der Waals surface area contributed by atoms with Crippen molar-refractivity contribution in [3.05, 3.63) is 90.0 Å². The number of amides is 1. The largest absolute Gasteiger partial charge is 0.412 e. The van der Waals surface area contributed by atoms with Gasteiger partial charge in [-0.05, 0) is 29.2 Å². The molecule has 3 aromatic rings. The van der Waals surface area contributed by atoms with E-state index in [0.29, 0.717) is 18.8 Å². The van der Waals surface area contributed by atoms with Gasteiger partial charge in [0.15, 0.2) is 0 Å². The number of nitrogens with one attached hydrogen (secondary N) is 1. The molecule has 0 aliphatic rings. The highest BCUT2D eigenvalue weighted by atomic mass is 16.6. The van der Waals surface area contributed by atoms with Crippen LogP contribution in [0, 0.1) is 0 Å². The summed E-state index contributed by atoms with van der Waals surface area (Å²) in [6, 6.07) is 25.4. The Bertz CT molecular complexity index is 863. The van der Waals surface area contributed by atoms with Crippen molar-refractivity contribution < 1.29 is 9.53 Å². The van der Waals surface area contributed by atoms with Gasteiger partial charge in [0, 0.05) is 18.7 Å². The molecule has 0 saturated heterocycles. The summed E-state index contributed by atoms with van der Waals surface area (Å²) in [7, 11) is 0. The van der Waals surface area contributed by atoms with Crippen LogP contribution in [-0.4, -0.2) is 12.6 Å². The molecule has 0 heterocycles. The van der Waals surface area contributed by atoms with Gasteiger partial charge in [-0.15, -0.1) is 0 Å². The maximum atomic E-state index is 12.2. The number of carbonyl (C=O) groups is 1. The summed E-state index contributed by atoms with van der Waals surface area (Å²) in [5, 5.41) is 2.80. The van der Waals surface area contributed by atoms with Gasteiger partial charge in [0.25, 0.3) is 0 Å². The lowest BCUT2D eigenvalue weighted by atomic mass is 9.99. The zero-order valence-electron chi connectivity index (χ0n) is 14.5. The molecule has 0 aliphatic carbocycles. The molecule has 26 heavy (non-hydrogen) atoms. The lowest BCUT2D eigenvalue weighted by Gasteiger charge is -2.13. The van der Waals surface area contributed by atoms with E-state index in [0.717, 1.165) is 23.1 Å². The lowest BCUT2D eigenvalue weighted by molar-refractivity contribution is 0.201. The zero-order valence-corrected chi connectivity index (χ0v) is 14.5. The molecule has 0 fully saturated rings. The van der Waals surface area contributed by atoms with Crippen LogP contribution in [0.2, 0.25) is 0 Å². The number of rotatable bonds is 6. The van der Waals surface area contributed by atoms with Crippen LogP contribution in [0.4, 0.5) is 4.79 Å². The number of carbonyl (C=O) groups excluding carboxylic acids is 1. The van der Waals surface area contributed by atoms with E-state index in [1.165, 1.54) is 5.56 Å². The van der Waals surface area contributed by atoms with Crippen molar-refractivity contribution in [1.82, 2.24) is 5.32 Å². The van der Waals surface area contributed by atoms with Crippen molar-refractivity contribution >= 4 is 6.09 Å². The maximum absolute atomic E-state index is 12.2. The quantitative estimate of drug-likeness (QED) is 0.705. The van der Waals surface area contributed by atoms with E-state index in [4.69, 9.17) is 10.5 Å². The highest BCUT2D eigenvalue weighted by molar-refractivity contribution is 5.78. The van der Waals surface area contributed by atoms with Crippen molar-refractivity contribution in [3.8, 4) is 16.9 Å². The monoisotopic (exact) mass is 346 g/mol. The molecule has 0 bridgehead atoms. The number of para-hydroxylation sites is 1. The van der Waals surface area contributed by atoms with Gasteiger partial charge in [-0.2, -0.15) is 0 Å². The first-order valence-electron chi connectivity index (χ1n) is 8.65. The Labute approximate surface area is 153 Å². The third-order valence-electron chi connectivity index (χ3n) is 4.14. The minimum Gasteiger partial charge on any atom is -0.410 e. The lowest BCUT2D eigenvalue weighted by Crippen LogP contribution is -2.28. The first-order valence-corrected chi connectivity index (χ1v) is 8.65. The Kier molecular flexibility index (Phi) is 6.01. The maximum Gasteiger partial charge on any atom is 0.412 e. The molecule has 0 saturated carbocycles. The van der Waals surface area contributed by atoms with Gasteiger partial charge in [-0.25, -0.2) is 4.79 Å². The summed E-state index contributed by atoms with van der Waals surface area (Å²) in [4.78, 5) is 12.2. The van der Waals surface area contributed by atoms with Crippen LogP contribution in [0.25, 0.3) is 11.1 Å². The molecule has 3 aromatic carbocycles. The predicted molar refractivity (Wildman–Crippen MR) is 104 cm³/mol. The highest BCUT2D eigenvalue weighted by Crippen LogP contribution is 2.32. The second-order valence-corrected chi connectivity index (χ2v) is 5.91. The Balaban J connectivity index is 1.67. The number of nitrogens with two attached hydrogens (primary N) is 1. The molecule has 4 heteroatoms. The van der Waals surface area contributed by atoms with E-state index in [1.807, 2.05) is 72.8 Å². The van der Waals surface area contributed by atoms with Gasteiger partial charge in [-0.1, -0.05) is 72.8 Å². The molecule has 0 aliphatic heterocycles. The van der Waals surface area contributed by atoms with Gasteiger partial charge in [0.05, 0.1) is 0 Å². The molecule has 4 nitrogen and oxygen atoms in total. The third kappa shape index (κ3) is 4.49. The third-order valence-corrected chi connectivity index (χ3v) is 4.14. The van der Waals surface area contributed by atoms with E-state index in [9.17, 15) is 4.79 Å². The van der Waals surface area contributed by atoms with Crippen LogP contribution in [0.1, 0.15) is 11.1 Å². The van der Waals surface area contributed by atoms with E-state index in [2.05, 4.69) is 5.32 Å². The Morgan fingerprint density at radius 3 is 2.27 bits per heavy atom. The number of hydrogen-bond donors (Lipinski definition) is 2. The van der Waals surface area contributed by atoms with E-state index in [1.54, 1.807) is 6.07 Å². The second-order valence-electron chi connectivity index (χ2n) is 5.91. The van der Waals surface area contributed by atoms with E-state index in [-0.39, 0.29) is 0 Å². The van der Waals surface area contributed by atoms with Crippen molar-refractivity contribution in [1.29, 1.82) is 0 Å². The highest BCUT2D eigenvalue weighted by Gasteiger charge is 2.12. The van der Waals surface area contributed by atoms with E-state index < -0.39 is 6.09 Å². The van der Waals surface area contributed by atoms with Crippen LogP contribution in [-0.2, 0) is 13.0 Å². The molecule has 0 atom stereocenters. The molecule has 1 amide bonds. The van der Waals surface area contributed by atoms with Crippen LogP contribution in [0.3, 0.4) is 0 Å². The van der Waals surface area contributed by atoms with Gasteiger partial charge in [0.2, 0.25) is 0 Å².